The Morgan fingerprint density at radius 3 is 2.63 bits per heavy atom. The highest BCUT2D eigenvalue weighted by Crippen LogP contribution is 2.24. The van der Waals surface area contributed by atoms with Gasteiger partial charge in [0.05, 0.1) is 12.1 Å². The summed E-state index contributed by atoms with van der Waals surface area (Å²) in [6, 6.07) is 10.2. The molecule has 100 valence electrons. The largest absolute Gasteiger partial charge is 0.496 e. The Bertz CT molecular complexity index is 584. The molecule has 0 N–H and O–H groups in total. The van der Waals surface area contributed by atoms with Crippen LogP contribution in [0.3, 0.4) is 0 Å². The highest BCUT2D eigenvalue weighted by Gasteiger charge is 2.06. The van der Waals surface area contributed by atoms with Crippen LogP contribution in [0.5, 0.6) is 11.5 Å². The Labute approximate surface area is 116 Å². The van der Waals surface area contributed by atoms with Gasteiger partial charge >= 0.3 is 0 Å². The van der Waals surface area contributed by atoms with Gasteiger partial charge in [0.15, 0.2) is 0 Å². The van der Waals surface area contributed by atoms with Crippen molar-refractivity contribution in [3.8, 4) is 11.5 Å². The molecule has 0 aromatic heterocycles. The van der Waals surface area contributed by atoms with E-state index < -0.39 is 5.82 Å². The summed E-state index contributed by atoms with van der Waals surface area (Å²) in [5, 5.41) is 0.0838. The van der Waals surface area contributed by atoms with Gasteiger partial charge in [0.25, 0.3) is 0 Å². The molecule has 2 aromatic rings. The summed E-state index contributed by atoms with van der Waals surface area (Å²) in [4.78, 5) is 0. The standard InChI is InChI=1S/C15H14ClFO2/c1-10-3-6-15(18-2)11(7-10)9-19-12-4-5-13(16)14(17)8-12/h3-8H,9H2,1-2H3. The monoisotopic (exact) mass is 280 g/mol. The van der Waals surface area contributed by atoms with Crippen LogP contribution in [0.25, 0.3) is 0 Å². The fraction of sp³-hybridized carbons (Fsp3) is 0.200. The van der Waals surface area contributed by atoms with Gasteiger partial charge in [0.2, 0.25) is 0 Å². The van der Waals surface area contributed by atoms with Crippen molar-refractivity contribution in [2.75, 3.05) is 7.11 Å². The zero-order valence-electron chi connectivity index (χ0n) is 10.7. The quantitative estimate of drug-likeness (QED) is 0.828. The predicted molar refractivity (Wildman–Crippen MR) is 73.5 cm³/mol. The van der Waals surface area contributed by atoms with Crippen molar-refractivity contribution in [1.29, 1.82) is 0 Å². The molecule has 0 bridgehead atoms. The molecule has 0 atom stereocenters. The second-order valence-corrected chi connectivity index (χ2v) is 4.59. The molecule has 0 unspecified atom stereocenters. The van der Waals surface area contributed by atoms with E-state index in [0.717, 1.165) is 16.9 Å². The van der Waals surface area contributed by atoms with Gasteiger partial charge in [-0.2, -0.15) is 0 Å². The average Bonchev–Trinajstić information content (AvgIpc) is 2.40. The minimum Gasteiger partial charge on any atom is -0.496 e. The fourth-order valence-corrected chi connectivity index (χ4v) is 1.87. The minimum atomic E-state index is -0.490. The molecule has 0 radical (unpaired) electrons. The lowest BCUT2D eigenvalue weighted by Crippen LogP contribution is -1.99. The van der Waals surface area contributed by atoms with Gasteiger partial charge in [0, 0.05) is 11.6 Å². The summed E-state index contributed by atoms with van der Waals surface area (Å²) < 4.78 is 24.1. The molecular weight excluding hydrogens is 267 g/mol. The average molecular weight is 281 g/mol. The van der Waals surface area contributed by atoms with Crippen LogP contribution in [0.15, 0.2) is 36.4 Å². The maximum Gasteiger partial charge on any atom is 0.145 e. The van der Waals surface area contributed by atoms with E-state index in [0.29, 0.717) is 12.4 Å². The molecule has 0 aliphatic rings. The van der Waals surface area contributed by atoms with E-state index in [2.05, 4.69) is 0 Å². The third kappa shape index (κ3) is 3.38. The summed E-state index contributed by atoms with van der Waals surface area (Å²) in [7, 11) is 1.61. The zero-order valence-corrected chi connectivity index (χ0v) is 11.5. The van der Waals surface area contributed by atoms with Crippen LogP contribution in [-0.4, -0.2) is 7.11 Å². The maximum absolute atomic E-state index is 13.3. The maximum atomic E-state index is 13.3. The molecular formula is C15H14ClFO2. The van der Waals surface area contributed by atoms with Crippen molar-refractivity contribution in [3.63, 3.8) is 0 Å². The second-order valence-electron chi connectivity index (χ2n) is 4.18. The first-order valence-corrected chi connectivity index (χ1v) is 6.19. The number of ether oxygens (including phenoxy) is 2. The third-order valence-corrected chi connectivity index (χ3v) is 3.03. The third-order valence-electron chi connectivity index (χ3n) is 2.72. The van der Waals surface area contributed by atoms with E-state index in [1.54, 1.807) is 13.2 Å². The Morgan fingerprint density at radius 1 is 1.16 bits per heavy atom. The Kier molecular flexibility index (Phi) is 4.27. The second kappa shape index (κ2) is 5.93. The number of benzene rings is 2. The molecule has 2 aromatic carbocycles. The van der Waals surface area contributed by atoms with Gasteiger partial charge in [0.1, 0.15) is 23.9 Å². The van der Waals surface area contributed by atoms with Crippen LogP contribution in [-0.2, 0) is 6.61 Å². The van der Waals surface area contributed by atoms with Gasteiger partial charge in [-0.1, -0.05) is 23.2 Å². The van der Waals surface area contributed by atoms with Crippen molar-refractivity contribution in [1.82, 2.24) is 0 Å². The van der Waals surface area contributed by atoms with Gasteiger partial charge in [-0.25, -0.2) is 4.39 Å². The van der Waals surface area contributed by atoms with Crippen LogP contribution in [0.2, 0.25) is 5.02 Å². The normalized spacial score (nSPS) is 10.3. The fourth-order valence-electron chi connectivity index (χ4n) is 1.75. The first-order chi connectivity index (χ1) is 9.10. The van der Waals surface area contributed by atoms with Gasteiger partial charge in [-0.05, 0) is 31.2 Å². The van der Waals surface area contributed by atoms with Crippen molar-refractivity contribution >= 4 is 11.6 Å². The number of rotatable bonds is 4. The van der Waals surface area contributed by atoms with E-state index in [1.807, 2.05) is 25.1 Å². The molecule has 4 heteroatoms. The molecule has 0 saturated heterocycles. The summed E-state index contributed by atoms with van der Waals surface area (Å²) in [6.45, 7) is 2.30. The molecule has 0 spiro atoms. The summed E-state index contributed by atoms with van der Waals surface area (Å²) in [5.74, 6) is 0.695. The molecule has 0 fully saturated rings. The van der Waals surface area contributed by atoms with Crippen LogP contribution < -0.4 is 9.47 Å². The van der Waals surface area contributed by atoms with Crippen LogP contribution >= 0.6 is 11.6 Å². The molecule has 0 aliphatic carbocycles. The molecule has 2 rings (SSSR count). The van der Waals surface area contributed by atoms with E-state index in [1.165, 1.54) is 12.1 Å². The van der Waals surface area contributed by atoms with E-state index >= 15 is 0 Å². The smallest absolute Gasteiger partial charge is 0.145 e. The Morgan fingerprint density at radius 2 is 1.95 bits per heavy atom. The first-order valence-electron chi connectivity index (χ1n) is 5.81. The number of hydrogen-bond acceptors (Lipinski definition) is 2. The summed E-state index contributed by atoms with van der Waals surface area (Å²) >= 11 is 5.62. The molecule has 2 nitrogen and oxygen atoms in total. The van der Waals surface area contributed by atoms with Crippen LogP contribution in [0.4, 0.5) is 4.39 Å². The highest BCUT2D eigenvalue weighted by molar-refractivity contribution is 6.30. The lowest BCUT2D eigenvalue weighted by molar-refractivity contribution is 0.295. The van der Waals surface area contributed by atoms with Crippen molar-refractivity contribution in [2.45, 2.75) is 13.5 Å². The van der Waals surface area contributed by atoms with E-state index in [4.69, 9.17) is 21.1 Å². The Hall–Kier alpha value is -1.74. The molecule has 0 aliphatic heterocycles. The first kappa shape index (κ1) is 13.7. The van der Waals surface area contributed by atoms with Gasteiger partial charge in [-0.15, -0.1) is 0 Å². The lowest BCUT2D eigenvalue weighted by atomic mass is 10.1. The molecule has 0 heterocycles. The number of halogens is 2. The van der Waals surface area contributed by atoms with E-state index in [-0.39, 0.29) is 5.02 Å². The topological polar surface area (TPSA) is 18.5 Å². The van der Waals surface area contributed by atoms with Crippen LogP contribution in [0, 0.1) is 12.7 Å². The summed E-state index contributed by atoms with van der Waals surface area (Å²) in [6.07, 6.45) is 0. The SMILES string of the molecule is COc1ccc(C)cc1COc1ccc(Cl)c(F)c1. The Balaban J connectivity index is 2.13. The molecule has 19 heavy (non-hydrogen) atoms. The number of hydrogen-bond donors (Lipinski definition) is 0. The van der Waals surface area contributed by atoms with Crippen molar-refractivity contribution < 1.29 is 13.9 Å². The van der Waals surface area contributed by atoms with Gasteiger partial charge < -0.3 is 9.47 Å². The molecule has 0 saturated carbocycles. The van der Waals surface area contributed by atoms with Crippen LogP contribution in [0.1, 0.15) is 11.1 Å². The number of aryl methyl sites for hydroxylation is 1. The molecule has 0 amide bonds. The van der Waals surface area contributed by atoms with Gasteiger partial charge in [-0.3, -0.25) is 0 Å². The number of methoxy groups -OCH3 is 1. The van der Waals surface area contributed by atoms with E-state index in [9.17, 15) is 4.39 Å². The van der Waals surface area contributed by atoms with Crippen molar-refractivity contribution in [2.24, 2.45) is 0 Å². The van der Waals surface area contributed by atoms with Crippen molar-refractivity contribution in [3.05, 3.63) is 58.4 Å². The zero-order chi connectivity index (χ0) is 13.8. The minimum absolute atomic E-state index is 0.0838. The lowest BCUT2D eigenvalue weighted by Gasteiger charge is -2.11. The highest BCUT2D eigenvalue weighted by atomic mass is 35.5. The summed E-state index contributed by atoms with van der Waals surface area (Å²) in [5.41, 5.74) is 2.03. The predicted octanol–water partition coefficient (Wildman–Crippen LogP) is 4.38.